The molecule has 1 atom stereocenters. The van der Waals surface area contributed by atoms with Crippen molar-refractivity contribution >= 4 is 5.69 Å². The Kier molecular flexibility index (Phi) is 4.04. The third-order valence-corrected chi connectivity index (χ3v) is 2.83. The third-order valence-electron chi connectivity index (χ3n) is 2.83. The summed E-state index contributed by atoms with van der Waals surface area (Å²) in [6.45, 7) is 4.07. The monoisotopic (exact) mass is 254 g/mol. The number of hydrogen-bond acceptors (Lipinski definition) is 4. The van der Waals surface area contributed by atoms with E-state index in [0.29, 0.717) is 5.75 Å². The lowest BCUT2D eigenvalue weighted by molar-refractivity contribution is 0.0663. The molecule has 1 aromatic rings. The molecule has 1 unspecified atom stereocenters. The van der Waals surface area contributed by atoms with Gasteiger partial charge in [0.05, 0.1) is 13.2 Å². The third kappa shape index (κ3) is 3.34. The number of hydrogen-bond donors (Lipinski definition) is 1. The summed E-state index contributed by atoms with van der Waals surface area (Å²) in [4.78, 5) is 2.24. The van der Waals surface area contributed by atoms with E-state index in [-0.39, 0.29) is 0 Å². The molecule has 1 aliphatic heterocycles. The van der Waals surface area contributed by atoms with E-state index in [0.717, 1.165) is 32.0 Å². The van der Waals surface area contributed by atoms with Gasteiger partial charge in [-0.2, -0.15) is 0 Å². The molecule has 1 fully saturated rings. The minimum absolute atomic E-state index is 0.578. The highest BCUT2D eigenvalue weighted by molar-refractivity contribution is 5.49. The number of alkyl halides is 1. The van der Waals surface area contributed by atoms with E-state index >= 15 is 0 Å². The molecular formula is C13H19FN2O2. The number of ether oxygens (including phenoxy) is 2. The Morgan fingerprint density at radius 1 is 1.33 bits per heavy atom. The Morgan fingerprint density at radius 2 is 1.94 bits per heavy atom. The molecule has 1 aromatic carbocycles. The molecular weight excluding hydrogens is 235 g/mol. The Balaban J connectivity index is 2.00. The zero-order valence-corrected chi connectivity index (χ0v) is 10.6. The number of anilines is 1. The SMILES string of the molecule is CC(N)(CF)Oc1ccc(N2CCOCC2)cc1. The van der Waals surface area contributed by atoms with Crippen molar-refractivity contribution < 1.29 is 13.9 Å². The van der Waals surface area contributed by atoms with Crippen LogP contribution in [0.1, 0.15) is 6.92 Å². The quantitative estimate of drug-likeness (QED) is 0.828. The second-order valence-electron chi connectivity index (χ2n) is 4.64. The van der Waals surface area contributed by atoms with Crippen LogP contribution in [0.15, 0.2) is 24.3 Å². The Morgan fingerprint density at radius 3 is 2.50 bits per heavy atom. The highest BCUT2D eigenvalue weighted by Gasteiger charge is 2.20. The molecule has 0 bridgehead atoms. The van der Waals surface area contributed by atoms with E-state index in [2.05, 4.69) is 4.90 Å². The maximum Gasteiger partial charge on any atom is 0.184 e. The molecule has 0 aliphatic carbocycles. The first kappa shape index (κ1) is 13.1. The summed E-state index contributed by atoms with van der Waals surface area (Å²) in [5, 5.41) is 0. The van der Waals surface area contributed by atoms with Crippen molar-refractivity contribution in [1.82, 2.24) is 0 Å². The van der Waals surface area contributed by atoms with E-state index in [1.807, 2.05) is 24.3 Å². The van der Waals surface area contributed by atoms with Crippen molar-refractivity contribution in [3.63, 3.8) is 0 Å². The summed E-state index contributed by atoms with van der Waals surface area (Å²) in [5.74, 6) is 0.578. The first-order chi connectivity index (χ1) is 8.61. The van der Waals surface area contributed by atoms with Gasteiger partial charge in [0.25, 0.3) is 0 Å². The summed E-state index contributed by atoms with van der Waals surface area (Å²) in [5.41, 5.74) is 5.46. The topological polar surface area (TPSA) is 47.7 Å². The van der Waals surface area contributed by atoms with Crippen LogP contribution in [-0.2, 0) is 4.74 Å². The van der Waals surface area contributed by atoms with Gasteiger partial charge in [-0.1, -0.05) is 0 Å². The molecule has 1 aliphatic rings. The normalized spacial score (nSPS) is 19.4. The van der Waals surface area contributed by atoms with Gasteiger partial charge in [-0.15, -0.1) is 0 Å². The molecule has 2 N–H and O–H groups in total. The maximum atomic E-state index is 12.6. The molecule has 5 heteroatoms. The largest absolute Gasteiger partial charge is 0.471 e. The molecule has 18 heavy (non-hydrogen) atoms. The summed E-state index contributed by atoms with van der Waals surface area (Å²) in [6.07, 6.45) is 0. The number of nitrogens with zero attached hydrogens (tertiary/aromatic N) is 1. The minimum Gasteiger partial charge on any atom is -0.471 e. The number of benzene rings is 1. The van der Waals surface area contributed by atoms with Gasteiger partial charge in [0, 0.05) is 18.8 Å². The zero-order valence-electron chi connectivity index (χ0n) is 10.6. The Bertz CT molecular complexity index is 375. The van der Waals surface area contributed by atoms with E-state index in [1.165, 1.54) is 6.92 Å². The predicted octanol–water partition coefficient (Wildman–Crippen LogP) is 1.55. The molecule has 0 radical (unpaired) electrons. The fourth-order valence-electron chi connectivity index (χ4n) is 1.84. The van der Waals surface area contributed by atoms with Gasteiger partial charge in [-0.3, -0.25) is 5.73 Å². The number of morpholine rings is 1. The minimum atomic E-state index is -1.26. The van der Waals surface area contributed by atoms with E-state index in [4.69, 9.17) is 15.2 Å². The van der Waals surface area contributed by atoms with Crippen molar-refractivity contribution in [2.45, 2.75) is 12.6 Å². The van der Waals surface area contributed by atoms with Gasteiger partial charge in [0.15, 0.2) is 5.72 Å². The van der Waals surface area contributed by atoms with Crippen LogP contribution in [0.4, 0.5) is 10.1 Å². The van der Waals surface area contributed by atoms with Crippen LogP contribution < -0.4 is 15.4 Å². The first-order valence-electron chi connectivity index (χ1n) is 6.07. The van der Waals surface area contributed by atoms with Gasteiger partial charge in [0.1, 0.15) is 12.4 Å². The van der Waals surface area contributed by atoms with E-state index in [1.54, 1.807) is 0 Å². The van der Waals surface area contributed by atoms with Crippen LogP contribution in [0, 0.1) is 0 Å². The molecule has 2 rings (SSSR count). The van der Waals surface area contributed by atoms with Gasteiger partial charge in [0.2, 0.25) is 0 Å². The zero-order chi connectivity index (χ0) is 13.0. The summed E-state index contributed by atoms with van der Waals surface area (Å²) in [6, 6.07) is 7.53. The number of halogens is 1. The lowest BCUT2D eigenvalue weighted by atomic mass is 10.2. The Labute approximate surface area is 106 Å². The lowest BCUT2D eigenvalue weighted by Gasteiger charge is -2.29. The van der Waals surface area contributed by atoms with Crippen molar-refractivity contribution in [3.8, 4) is 5.75 Å². The molecule has 0 saturated carbocycles. The highest BCUT2D eigenvalue weighted by Crippen LogP contribution is 2.22. The average Bonchev–Trinajstić information content (AvgIpc) is 2.40. The second-order valence-corrected chi connectivity index (χ2v) is 4.64. The van der Waals surface area contributed by atoms with Crippen LogP contribution in [0.5, 0.6) is 5.75 Å². The molecule has 100 valence electrons. The fourth-order valence-corrected chi connectivity index (χ4v) is 1.84. The number of rotatable bonds is 4. The van der Waals surface area contributed by atoms with Crippen LogP contribution in [0.25, 0.3) is 0 Å². The standard InChI is InChI=1S/C13H19FN2O2/c1-13(15,10-14)18-12-4-2-11(3-5-12)16-6-8-17-9-7-16/h2-5H,6-10,15H2,1H3. The van der Waals surface area contributed by atoms with Crippen LogP contribution in [0.2, 0.25) is 0 Å². The Hall–Kier alpha value is -1.33. The molecule has 0 amide bonds. The van der Waals surface area contributed by atoms with E-state index in [9.17, 15) is 4.39 Å². The smallest absolute Gasteiger partial charge is 0.184 e. The average molecular weight is 254 g/mol. The van der Waals surface area contributed by atoms with Gasteiger partial charge in [-0.25, -0.2) is 4.39 Å². The fraction of sp³-hybridized carbons (Fsp3) is 0.538. The van der Waals surface area contributed by atoms with Crippen molar-refractivity contribution in [3.05, 3.63) is 24.3 Å². The van der Waals surface area contributed by atoms with Gasteiger partial charge in [-0.05, 0) is 31.2 Å². The van der Waals surface area contributed by atoms with Crippen molar-refractivity contribution in [2.24, 2.45) is 5.73 Å². The number of nitrogens with two attached hydrogens (primary N) is 1. The predicted molar refractivity (Wildman–Crippen MR) is 68.7 cm³/mol. The molecule has 0 aromatic heterocycles. The van der Waals surface area contributed by atoms with Gasteiger partial charge >= 0.3 is 0 Å². The summed E-state index contributed by atoms with van der Waals surface area (Å²) in [7, 11) is 0. The highest BCUT2D eigenvalue weighted by atomic mass is 19.1. The second kappa shape index (κ2) is 5.54. The summed E-state index contributed by atoms with van der Waals surface area (Å²) >= 11 is 0. The molecule has 1 saturated heterocycles. The summed E-state index contributed by atoms with van der Waals surface area (Å²) < 4.78 is 23.2. The molecule has 0 spiro atoms. The van der Waals surface area contributed by atoms with Gasteiger partial charge < -0.3 is 14.4 Å². The first-order valence-corrected chi connectivity index (χ1v) is 6.07. The van der Waals surface area contributed by atoms with E-state index < -0.39 is 12.4 Å². The molecule has 1 heterocycles. The molecule has 4 nitrogen and oxygen atoms in total. The lowest BCUT2D eigenvalue weighted by Crippen LogP contribution is -2.44. The van der Waals surface area contributed by atoms with Crippen molar-refractivity contribution in [1.29, 1.82) is 0 Å². The van der Waals surface area contributed by atoms with Crippen LogP contribution in [0.3, 0.4) is 0 Å². The van der Waals surface area contributed by atoms with Crippen LogP contribution in [-0.4, -0.2) is 38.7 Å². The van der Waals surface area contributed by atoms with Crippen molar-refractivity contribution in [2.75, 3.05) is 37.9 Å². The van der Waals surface area contributed by atoms with Crippen LogP contribution >= 0.6 is 0 Å². The maximum absolute atomic E-state index is 12.6.